The van der Waals surface area contributed by atoms with E-state index >= 15 is 0 Å². The molecular weight excluding hydrogens is 228 g/mol. The van der Waals surface area contributed by atoms with Gasteiger partial charge in [0.05, 0.1) is 0 Å². The Morgan fingerprint density at radius 2 is 2.06 bits per heavy atom. The van der Waals surface area contributed by atoms with Gasteiger partial charge in [-0.1, -0.05) is 26.2 Å². The normalized spacial score (nSPS) is 10.4. The van der Waals surface area contributed by atoms with Crippen LogP contribution in [0.4, 0.5) is 5.82 Å². The van der Waals surface area contributed by atoms with Gasteiger partial charge in [-0.25, -0.2) is 9.78 Å². The van der Waals surface area contributed by atoms with Gasteiger partial charge in [-0.3, -0.25) is 0 Å². The Morgan fingerprint density at radius 1 is 1.33 bits per heavy atom. The molecule has 1 aromatic heterocycles. The lowest BCUT2D eigenvalue weighted by molar-refractivity contribution is 0.0697. The summed E-state index contributed by atoms with van der Waals surface area (Å²) >= 11 is 0. The highest BCUT2D eigenvalue weighted by Crippen LogP contribution is 2.18. The molecule has 0 aliphatic heterocycles. The highest BCUT2D eigenvalue weighted by molar-refractivity contribution is 5.94. The first-order valence-corrected chi connectivity index (χ1v) is 6.51. The zero-order valence-electron chi connectivity index (χ0n) is 11.4. The Kier molecular flexibility index (Phi) is 5.62. The summed E-state index contributed by atoms with van der Waals surface area (Å²) in [4.78, 5) is 15.5. The van der Waals surface area contributed by atoms with Crippen LogP contribution in [0.2, 0.25) is 0 Å². The molecule has 1 heterocycles. The van der Waals surface area contributed by atoms with E-state index in [4.69, 9.17) is 0 Å². The Balaban J connectivity index is 2.71. The lowest BCUT2D eigenvalue weighted by atomic mass is 10.1. The number of nitrogens with one attached hydrogen (secondary N) is 1. The summed E-state index contributed by atoms with van der Waals surface area (Å²) < 4.78 is 0. The summed E-state index contributed by atoms with van der Waals surface area (Å²) in [5, 5.41) is 12.3. The molecule has 0 saturated heterocycles. The maximum atomic E-state index is 11.2. The maximum Gasteiger partial charge on any atom is 0.339 e. The number of aryl methyl sites for hydroxylation is 2. The standard InChI is InChI=1S/C14H22N2O2/c1-4-5-6-7-8-15-13-12(14(17)18)10(2)9-11(3)16-13/h9H,4-8H2,1-3H3,(H,15,16)(H,17,18). The van der Waals surface area contributed by atoms with Crippen molar-refractivity contribution < 1.29 is 9.90 Å². The molecule has 0 aliphatic carbocycles. The minimum Gasteiger partial charge on any atom is -0.478 e. The first-order valence-electron chi connectivity index (χ1n) is 6.51. The average molecular weight is 250 g/mol. The minimum atomic E-state index is -0.920. The number of aromatic carboxylic acids is 1. The van der Waals surface area contributed by atoms with Crippen LogP contribution in [0.15, 0.2) is 6.07 Å². The van der Waals surface area contributed by atoms with Crippen LogP contribution in [-0.4, -0.2) is 22.6 Å². The van der Waals surface area contributed by atoms with E-state index in [0.717, 1.165) is 30.6 Å². The Morgan fingerprint density at radius 3 is 2.67 bits per heavy atom. The zero-order valence-corrected chi connectivity index (χ0v) is 11.4. The third-order valence-corrected chi connectivity index (χ3v) is 2.88. The van der Waals surface area contributed by atoms with Crippen molar-refractivity contribution >= 4 is 11.8 Å². The average Bonchev–Trinajstić information content (AvgIpc) is 2.27. The highest BCUT2D eigenvalue weighted by atomic mass is 16.4. The van der Waals surface area contributed by atoms with Crippen molar-refractivity contribution in [3.05, 3.63) is 22.9 Å². The summed E-state index contributed by atoms with van der Waals surface area (Å²) in [7, 11) is 0. The number of hydrogen-bond donors (Lipinski definition) is 2. The number of anilines is 1. The van der Waals surface area contributed by atoms with Gasteiger partial charge >= 0.3 is 5.97 Å². The molecule has 0 fully saturated rings. The quantitative estimate of drug-likeness (QED) is 0.728. The Hall–Kier alpha value is -1.58. The van der Waals surface area contributed by atoms with Crippen molar-refractivity contribution in [2.75, 3.05) is 11.9 Å². The number of nitrogens with zero attached hydrogens (tertiary/aromatic N) is 1. The lowest BCUT2D eigenvalue weighted by Crippen LogP contribution is -2.12. The summed E-state index contributed by atoms with van der Waals surface area (Å²) in [6.07, 6.45) is 4.62. The third-order valence-electron chi connectivity index (χ3n) is 2.88. The van der Waals surface area contributed by atoms with Gasteiger partial charge in [0.15, 0.2) is 0 Å². The van der Waals surface area contributed by atoms with Crippen LogP contribution >= 0.6 is 0 Å². The van der Waals surface area contributed by atoms with Crippen molar-refractivity contribution in [1.29, 1.82) is 0 Å². The van der Waals surface area contributed by atoms with Gasteiger partial charge < -0.3 is 10.4 Å². The molecule has 2 N–H and O–H groups in total. The summed E-state index contributed by atoms with van der Waals surface area (Å²) in [6.45, 7) is 6.62. The molecule has 0 saturated carbocycles. The van der Waals surface area contributed by atoms with Gasteiger partial charge in [0, 0.05) is 12.2 Å². The molecule has 1 aromatic rings. The predicted octanol–water partition coefficient (Wildman–Crippen LogP) is 3.39. The van der Waals surface area contributed by atoms with E-state index in [-0.39, 0.29) is 5.56 Å². The van der Waals surface area contributed by atoms with Crippen molar-refractivity contribution in [3.63, 3.8) is 0 Å². The second-order valence-corrected chi connectivity index (χ2v) is 4.60. The van der Waals surface area contributed by atoms with Crippen molar-refractivity contribution in [3.8, 4) is 0 Å². The Bertz CT molecular complexity index is 417. The first-order chi connectivity index (χ1) is 8.56. The summed E-state index contributed by atoms with van der Waals surface area (Å²) in [5.74, 6) is -0.424. The molecule has 0 atom stereocenters. The number of carboxylic acid groups (broad SMARTS) is 1. The van der Waals surface area contributed by atoms with Crippen LogP contribution in [0, 0.1) is 13.8 Å². The van der Waals surface area contributed by atoms with E-state index in [2.05, 4.69) is 17.2 Å². The van der Waals surface area contributed by atoms with E-state index in [1.807, 2.05) is 6.92 Å². The van der Waals surface area contributed by atoms with Crippen molar-refractivity contribution in [1.82, 2.24) is 4.98 Å². The van der Waals surface area contributed by atoms with Crippen LogP contribution in [0.1, 0.15) is 54.2 Å². The minimum absolute atomic E-state index is 0.288. The molecule has 0 amide bonds. The number of carboxylic acids is 1. The molecular formula is C14H22N2O2. The second-order valence-electron chi connectivity index (χ2n) is 4.60. The SMILES string of the molecule is CCCCCCNc1nc(C)cc(C)c1C(=O)O. The fourth-order valence-corrected chi connectivity index (χ4v) is 1.99. The lowest BCUT2D eigenvalue weighted by Gasteiger charge is -2.11. The number of hydrogen-bond acceptors (Lipinski definition) is 3. The molecule has 100 valence electrons. The molecule has 0 unspecified atom stereocenters. The molecule has 18 heavy (non-hydrogen) atoms. The van der Waals surface area contributed by atoms with E-state index < -0.39 is 5.97 Å². The fraction of sp³-hybridized carbons (Fsp3) is 0.571. The monoisotopic (exact) mass is 250 g/mol. The molecule has 0 radical (unpaired) electrons. The molecule has 0 aromatic carbocycles. The number of carbonyl (C=O) groups is 1. The summed E-state index contributed by atoms with van der Waals surface area (Å²) in [5.41, 5.74) is 1.88. The third kappa shape index (κ3) is 4.02. The van der Waals surface area contributed by atoms with Gasteiger partial charge in [0.2, 0.25) is 0 Å². The van der Waals surface area contributed by atoms with Gasteiger partial charge in [-0.2, -0.15) is 0 Å². The maximum absolute atomic E-state index is 11.2. The second kappa shape index (κ2) is 6.99. The number of rotatable bonds is 7. The van der Waals surface area contributed by atoms with Crippen LogP contribution in [0.3, 0.4) is 0 Å². The van der Waals surface area contributed by atoms with Crippen molar-refractivity contribution in [2.45, 2.75) is 46.5 Å². The van der Waals surface area contributed by atoms with Crippen LogP contribution in [-0.2, 0) is 0 Å². The molecule has 0 bridgehead atoms. The molecule has 4 nitrogen and oxygen atoms in total. The topological polar surface area (TPSA) is 62.2 Å². The molecule has 4 heteroatoms. The predicted molar refractivity (Wildman–Crippen MR) is 73.3 cm³/mol. The van der Waals surface area contributed by atoms with Gasteiger partial charge in [0.25, 0.3) is 0 Å². The van der Waals surface area contributed by atoms with Crippen LogP contribution < -0.4 is 5.32 Å². The molecule has 0 spiro atoms. The van der Waals surface area contributed by atoms with E-state index in [1.165, 1.54) is 12.8 Å². The number of unbranched alkanes of at least 4 members (excludes halogenated alkanes) is 3. The largest absolute Gasteiger partial charge is 0.478 e. The number of pyridine rings is 1. The first kappa shape index (κ1) is 14.5. The smallest absolute Gasteiger partial charge is 0.339 e. The molecule has 0 aliphatic rings. The highest BCUT2D eigenvalue weighted by Gasteiger charge is 2.15. The number of aromatic nitrogens is 1. The Labute approximate surface area is 108 Å². The van der Waals surface area contributed by atoms with Crippen LogP contribution in [0.25, 0.3) is 0 Å². The summed E-state index contributed by atoms with van der Waals surface area (Å²) in [6, 6.07) is 1.80. The fourth-order valence-electron chi connectivity index (χ4n) is 1.99. The molecule has 1 rings (SSSR count). The van der Waals surface area contributed by atoms with Crippen molar-refractivity contribution in [2.24, 2.45) is 0 Å². The van der Waals surface area contributed by atoms with Gasteiger partial charge in [-0.05, 0) is 31.9 Å². The van der Waals surface area contributed by atoms with Gasteiger partial charge in [0.1, 0.15) is 11.4 Å². The van der Waals surface area contributed by atoms with Crippen LogP contribution in [0.5, 0.6) is 0 Å². The zero-order chi connectivity index (χ0) is 13.5. The van der Waals surface area contributed by atoms with E-state index in [1.54, 1.807) is 13.0 Å². The van der Waals surface area contributed by atoms with Gasteiger partial charge in [-0.15, -0.1) is 0 Å². The van der Waals surface area contributed by atoms with E-state index in [0.29, 0.717) is 5.82 Å². The van der Waals surface area contributed by atoms with E-state index in [9.17, 15) is 9.90 Å².